The summed E-state index contributed by atoms with van der Waals surface area (Å²) in [5.74, 6) is -1.47. The summed E-state index contributed by atoms with van der Waals surface area (Å²) in [4.78, 5) is 32.4. The van der Waals surface area contributed by atoms with Crippen LogP contribution in [0.5, 0.6) is 11.5 Å². The average Bonchev–Trinajstić information content (AvgIpc) is 2.86. The van der Waals surface area contributed by atoms with Gasteiger partial charge in [-0.3, -0.25) is 15.1 Å². The van der Waals surface area contributed by atoms with Crippen LogP contribution in [0.15, 0.2) is 54.8 Å². The molecule has 1 atom stereocenters. The monoisotopic (exact) mass is 498 g/mol. The third kappa shape index (κ3) is 8.28. The molecule has 1 aromatic carbocycles. The van der Waals surface area contributed by atoms with Crippen molar-refractivity contribution in [1.29, 1.82) is 0 Å². The molecule has 9 heteroatoms. The number of hydroxylamine groups is 1. The Labute approximate surface area is 211 Å². The Balaban J connectivity index is 1.84. The van der Waals surface area contributed by atoms with Crippen LogP contribution in [0.3, 0.4) is 0 Å². The van der Waals surface area contributed by atoms with E-state index in [9.17, 15) is 19.8 Å². The largest absolute Gasteiger partial charge is 0.508 e. The fourth-order valence-electron chi connectivity index (χ4n) is 3.93. The van der Waals surface area contributed by atoms with Gasteiger partial charge in [0.15, 0.2) is 6.61 Å². The van der Waals surface area contributed by atoms with E-state index in [4.69, 9.17) is 14.3 Å². The smallest absolute Gasteiger partial charge is 0.342 e. The zero-order valence-electron chi connectivity index (χ0n) is 20.4. The number of benzene rings is 1. The van der Waals surface area contributed by atoms with Gasteiger partial charge in [-0.05, 0) is 55.9 Å². The number of amides is 1. The average molecular weight is 499 g/mol. The number of likely N-dealkylation sites (tertiary alicyclic amines) is 1. The molecule has 36 heavy (non-hydrogen) atoms. The Morgan fingerprint density at radius 1 is 1.22 bits per heavy atom. The SMILES string of the molecule is C=CCOC1C=CCCOC(=O)c2c(O)cc(O)cc2/C=C(NOCC(=O)N2CCCCC2)/C=C/C1. The molecule has 1 fully saturated rings. The van der Waals surface area contributed by atoms with E-state index in [0.717, 1.165) is 38.4 Å². The number of nitrogens with zero attached hydrogens (tertiary/aromatic N) is 1. The normalized spacial score (nSPS) is 21.3. The molecule has 3 N–H and O–H groups in total. The first kappa shape index (κ1) is 27.0. The number of hydrogen-bond acceptors (Lipinski definition) is 8. The van der Waals surface area contributed by atoms with E-state index in [1.807, 2.05) is 18.2 Å². The lowest BCUT2D eigenvalue weighted by Gasteiger charge is -2.26. The van der Waals surface area contributed by atoms with Crippen molar-refractivity contribution < 1.29 is 34.1 Å². The van der Waals surface area contributed by atoms with Crippen LogP contribution in [0.1, 0.15) is 48.0 Å². The first-order chi connectivity index (χ1) is 17.5. The Hall–Kier alpha value is -3.56. The van der Waals surface area contributed by atoms with Crippen LogP contribution in [0.4, 0.5) is 0 Å². The van der Waals surface area contributed by atoms with Crippen LogP contribution in [-0.2, 0) is 19.1 Å². The van der Waals surface area contributed by atoms with Gasteiger partial charge in [0.25, 0.3) is 5.91 Å². The van der Waals surface area contributed by atoms with E-state index in [-0.39, 0.29) is 42.1 Å². The highest BCUT2D eigenvalue weighted by molar-refractivity contribution is 5.97. The molecule has 1 saturated heterocycles. The number of piperidine rings is 1. The van der Waals surface area contributed by atoms with Crippen LogP contribution in [0.25, 0.3) is 6.08 Å². The van der Waals surface area contributed by atoms with Crippen molar-refractivity contribution in [2.45, 2.75) is 38.2 Å². The highest BCUT2D eigenvalue weighted by atomic mass is 16.6. The molecule has 0 bridgehead atoms. The zero-order chi connectivity index (χ0) is 25.8. The summed E-state index contributed by atoms with van der Waals surface area (Å²) < 4.78 is 11.1. The number of allylic oxidation sites excluding steroid dienone is 1. The molecule has 0 saturated carbocycles. The number of nitrogens with one attached hydrogen (secondary N) is 1. The summed E-state index contributed by atoms with van der Waals surface area (Å²) in [6, 6.07) is 2.42. The molecular weight excluding hydrogens is 464 g/mol. The molecule has 0 aromatic heterocycles. The van der Waals surface area contributed by atoms with Crippen molar-refractivity contribution in [2.24, 2.45) is 0 Å². The molecule has 0 aliphatic carbocycles. The van der Waals surface area contributed by atoms with E-state index in [1.54, 1.807) is 17.1 Å². The Kier molecular flexibility index (Phi) is 10.6. The summed E-state index contributed by atoms with van der Waals surface area (Å²) in [6.07, 6.45) is 14.4. The first-order valence-corrected chi connectivity index (χ1v) is 12.1. The van der Waals surface area contributed by atoms with Crippen LogP contribution >= 0.6 is 0 Å². The third-order valence-electron chi connectivity index (χ3n) is 5.70. The molecule has 1 aromatic rings. The van der Waals surface area contributed by atoms with E-state index < -0.39 is 11.7 Å². The molecule has 2 heterocycles. The lowest BCUT2D eigenvalue weighted by Crippen LogP contribution is -2.39. The number of esters is 1. The van der Waals surface area contributed by atoms with Crippen molar-refractivity contribution in [3.8, 4) is 11.5 Å². The van der Waals surface area contributed by atoms with Gasteiger partial charge in [-0.2, -0.15) is 0 Å². The number of fused-ring (bicyclic) bond motifs is 1. The van der Waals surface area contributed by atoms with Crippen molar-refractivity contribution in [3.05, 3.63) is 65.9 Å². The number of rotatable bonds is 7. The molecule has 9 nitrogen and oxygen atoms in total. The number of phenolic OH excluding ortho intramolecular Hbond substituents is 2. The van der Waals surface area contributed by atoms with Crippen LogP contribution in [-0.4, -0.2) is 66.0 Å². The highest BCUT2D eigenvalue weighted by Gasteiger charge is 2.20. The molecule has 3 rings (SSSR count). The van der Waals surface area contributed by atoms with Crippen molar-refractivity contribution in [1.82, 2.24) is 10.4 Å². The Morgan fingerprint density at radius 3 is 2.81 bits per heavy atom. The quantitative estimate of drug-likeness (QED) is 0.297. The Bertz CT molecular complexity index is 1010. The number of ether oxygens (including phenoxy) is 2. The predicted molar refractivity (Wildman–Crippen MR) is 135 cm³/mol. The number of aromatic hydroxyl groups is 2. The number of carbonyl (C=O) groups excluding carboxylic acids is 2. The van der Waals surface area contributed by atoms with Crippen LogP contribution in [0.2, 0.25) is 0 Å². The fraction of sp³-hybridized carbons (Fsp3) is 0.407. The maximum atomic E-state index is 12.7. The van der Waals surface area contributed by atoms with E-state index in [0.29, 0.717) is 25.1 Å². The molecule has 1 unspecified atom stereocenters. The minimum Gasteiger partial charge on any atom is -0.508 e. The van der Waals surface area contributed by atoms with Crippen molar-refractivity contribution in [3.63, 3.8) is 0 Å². The fourth-order valence-corrected chi connectivity index (χ4v) is 3.93. The summed E-state index contributed by atoms with van der Waals surface area (Å²) in [5, 5.41) is 20.4. The summed E-state index contributed by atoms with van der Waals surface area (Å²) >= 11 is 0. The second-order valence-corrected chi connectivity index (χ2v) is 8.51. The van der Waals surface area contributed by atoms with Crippen LogP contribution < -0.4 is 5.48 Å². The second-order valence-electron chi connectivity index (χ2n) is 8.51. The van der Waals surface area contributed by atoms with Gasteiger partial charge in [0.05, 0.1) is 25.0 Å². The highest BCUT2D eigenvalue weighted by Crippen LogP contribution is 2.30. The number of carbonyl (C=O) groups is 2. The minimum atomic E-state index is -0.729. The zero-order valence-corrected chi connectivity index (χ0v) is 20.4. The van der Waals surface area contributed by atoms with Gasteiger partial charge in [-0.1, -0.05) is 24.3 Å². The lowest BCUT2D eigenvalue weighted by atomic mass is 10.0. The first-order valence-electron chi connectivity index (χ1n) is 12.1. The van der Waals surface area contributed by atoms with Crippen molar-refractivity contribution in [2.75, 3.05) is 32.9 Å². The van der Waals surface area contributed by atoms with Gasteiger partial charge in [0, 0.05) is 19.2 Å². The van der Waals surface area contributed by atoms with Gasteiger partial charge >= 0.3 is 5.97 Å². The molecule has 1 amide bonds. The predicted octanol–water partition coefficient (Wildman–Crippen LogP) is 3.61. The summed E-state index contributed by atoms with van der Waals surface area (Å²) in [7, 11) is 0. The molecule has 194 valence electrons. The van der Waals surface area contributed by atoms with Gasteiger partial charge in [0.1, 0.15) is 17.1 Å². The lowest BCUT2D eigenvalue weighted by molar-refractivity contribution is -0.139. The summed E-state index contributed by atoms with van der Waals surface area (Å²) in [5.41, 5.74) is 3.29. The molecule has 0 spiro atoms. The minimum absolute atomic E-state index is 0.0851. The van der Waals surface area contributed by atoms with Gasteiger partial charge in [-0.25, -0.2) is 4.79 Å². The van der Waals surface area contributed by atoms with E-state index >= 15 is 0 Å². The molecule has 2 aliphatic heterocycles. The molecular formula is C27H34N2O7. The summed E-state index contributed by atoms with van der Waals surface area (Å²) in [6.45, 7) is 5.44. The number of phenols is 2. The maximum absolute atomic E-state index is 12.7. The number of cyclic esters (lactones) is 1. The van der Waals surface area contributed by atoms with E-state index in [2.05, 4.69) is 12.1 Å². The van der Waals surface area contributed by atoms with Crippen molar-refractivity contribution >= 4 is 18.0 Å². The maximum Gasteiger partial charge on any atom is 0.342 e. The standard InChI is InChI=1S/C27H34N2O7/c1-2-14-34-23-10-4-7-15-35-27(33)26-20(17-22(30)18-24(26)31)16-21(9-8-11-23)28-36-19-25(32)29-12-5-3-6-13-29/h2,4,8-10,16-18,23,28,30-31H,1,3,5-7,11-15,19H2/b9-8+,10-4?,21-16-. The molecule has 0 radical (unpaired) electrons. The van der Waals surface area contributed by atoms with Gasteiger partial charge in [0.2, 0.25) is 0 Å². The van der Waals surface area contributed by atoms with Gasteiger partial charge in [-0.15, -0.1) is 6.58 Å². The Morgan fingerprint density at radius 2 is 2.03 bits per heavy atom. The topological polar surface area (TPSA) is 118 Å². The third-order valence-corrected chi connectivity index (χ3v) is 5.70. The second kappa shape index (κ2) is 14.1. The number of hydrogen-bond donors (Lipinski definition) is 3. The van der Waals surface area contributed by atoms with Crippen LogP contribution in [0, 0.1) is 0 Å². The van der Waals surface area contributed by atoms with E-state index in [1.165, 1.54) is 12.1 Å². The molecule has 2 aliphatic rings. The van der Waals surface area contributed by atoms with Gasteiger partial charge < -0.3 is 24.6 Å².